The van der Waals surface area contributed by atoms with Gasteiger partial charge in [-0.1, -0.05) is 18.2 Å². The molecule has 0 spiro atoms. The molecular weight excluding hydrogens is 442 g/mol. The highest BCUT2D eigenvalue weighted by atomic mass is 16.5. The minimum Gasteiger partial charge on any atom is -0.507 e. The molecule has 7 heteroatoms. The van der Waals surface area contributed by atoms with E-state index in [-0.39, 0.29) is 17.9 Å². The number of Topliss-reactive ketones (excluding diaryl/α,β-unsaturated/α-hetero) is 1. The molecule has 0 saturated carbocycles. The van der Waals surface area contributed by atoms with Crippen LogP contribution < -0.4 is 9.64 Å². The first-order valence-electron chi connectivity index (χ1n) is 11.7. The number of ketones is 1. The molecule has 1 atom stereocenters. The largest absolute Gasteiger partial charge is 0.507 e. The number of rotatable bonds is 8. The Labute approximate surface area is 205 Å². The van der Waals surface area contributed by atoms with Crippen molar-refractivity contribution in [1.29, 1.82) is 0 Å². The molecule has 1 fully saturated rings. The monoisotopic (exact) mass is 471 g/mol. The van der Waals surface area contributed by atoms with Crippen molar-refractivity contribution in [3.05, 3.63) is 95.3 Å². The normalized spacial score (nSPS) is 17.0. The van der Waals surface area contributed by atoms with Gasteiger partial charge in [-0.25, -0.2) is 0 Å². The molecule has 0 bridgehead atoms. The number of aliphatic hydroxyl groups excluding tert-OH is 1. The van der Waals surface area contributed by atoms with Gasteiger partial charge in [-0.2, -0.15) is 0 Å². The molecular formula is C28H29N3O4. The van der Waals surface area contributed by atoms with Crippen LogP contribution >= 0.6 is 0 Å². The third kappa shape index (κ3) is 4.75. The SMILES string of the molecule is CCN(CC)c1ccc(C2/C(=C(/O)c3ccc(OC)cc3)C(=O)C(=O)N2Cc2ccccn2)cc1. The lowest BCUT2D eigenvalue weighted by Gasteiger charge is -2.26. The Morgan fingerprint density at radius 1 is 1.00 bits per heavy atom. The number of nitrogens with zero attached hydrogens (tertiary/aromatic N) is 3. The topological polar surface area (TPSA) is 83.0 Å². The predicted octanol–water partition coefficient (Wildman–Crippen LogP) is 4.56. The summed E-state index contributed by atoms with van der Waals surface area (Å²) in [4.78, 5) is 34.4. The lowest BCUT2D eigenvalue weighted by Crippen LogP contribution is -2.29. The fourth-order valence-electron chi connectivity index (χ4n) is 4.42. The lowest BCUT2D eigenvalue weighted by molar-refractivity contribution is -0.140. The van der Waals surface area contributed by atoms with E-state index >= 15 is 0 Å². The van der Waals surface area contributed by atoms with Crippen molar-refractivity contribution < 1.29 is 19.4 Å². The van der Waals surface area contributed by atoms with Gasteiger partial charge < -0.3 is 19.6 Å². The average Bonchev–Trinajstić information content (AvgIpc) is 3.15. The Morgan fingerprint density at radius 2 is 1.69 bits per heavy atom. The quantitative estimate of drug-likeness (QED) is 0.295. The molecule has 1 aromatic heterocycles. The van der Waals surface area contributed by atoms with Gasteiger partial charge in [0.2, 0.25) is 0 Å². The zero-order valence-electron chi connectivity index (χ0n) is 20.1. The van der Waals surface area contributed by atoms with E-state index in [0.29, 0.717) is 17.0 Å². The maximum atomic E-state index is 13.2. The molecule has 1 unspecified atom stereocenters. The summed E-state index contributed by atoms with van der Waals surface area (Å²) in [6, 6.07) is 19.2. The molecule has 1 N–H and O–H groups in total. The number of pyridine rings is 1. The van der Waals surface area contributed by atoms with Crippen LogP contribution in [0.25, 0.3) is 5.76 Å². The van der Waals surface area contributed by atoms with Crippen molar-refractivity contribution in [2.24, 2.45) is 0 Å². The van der Waals surface area contributed by atoms with Crippen molar-refractivity contribution in [2.75, 3.05) is 25.1 Å². The van der Waals surface area contributed by atoms with Crippen LogP contribution in [-0.4, -0.2) is 46.9 Å². The maximum absolute atomic E-state index is 13.2. The van der Waals surface area contributed by atoms with Crippen LogP contribution in [0.5, 0.6) is 5.75 Å². The molecule has 0 aliphatic carbocycles. The van der Waals surface area contributed by atoms with E-state index < -0.39 is 17.7 Å². The Morgan fingerprint density at radius 3 is 2.26 bits per heavy atom. The summed E-state index contributed by atoms with van der Waals surface area (Å²) in [5.41, 5.74) is 2.95. The van der Waals surface area contributed by atoms with E-state index in [1.807, 2.05) is 36.4 Å². The van der Waals surface area contributed by atoms with Crippen LogP contribution in [0.1, 0.15) is 36.7 Å². The summed E-state index contributed by atoms with van der Waals surface area (Å²) in [5.74, 6) is -0.969. The van der Waals surface area contributed by atoms with Gasteiger partial charge in [0.25, 0.3) is 11.7 Å². The summed E-state index contributed by atoms with van der Waals surface area (Å²) >= 11 is 0. The minimum atomic E-state index is -0.745. The predicted molar refractivity (Wildman–Crippen MR) is 135 cm³/mol. The number of anilines is 1. The summed E-state index contributed by atoms with van der Waals surface area (Å²) < 4.78 is 5.20. The molecule has 1 amide bonds. The summed E-state index contributed by atoms with van der Waals surface area (Å²) in [5, 5.41) is 11.2. The summed E-state index contributed by atoms with van der Waals surface area (Å²) in [6.07, 6.45) is 1.65. The van der Waals surface area contributed by atoms with Gasteiger partial charge in [-0.15, -0.1) is 0 Å². The number of aliphatic hydroxyl groups is 1. The number of benzene rings is 2. The molecule has 1 saturated heterocycles. The second-order valence-electron chi connectivity index (χ2n) is 8.24. The molecule has 7 nitrogen and oxygen atoms in total. The Balaban J connectivity index is 1.82. The van der Waals surface area contributed by atoms with E-state index in [0.717, 1.165) is 24.3 Å². The fraction of sp³-hybridized carbons (Fsp3) is 0.250. The number of likely N-dealkylation sites (tertiary alicyclic amines) is 1. The van der Waals surface area contributed by atoms with Crippen LogP contribution in [0.3, 0.4) is 0 Å². The van der Waals surface area contributed by atoms with E-state index in [2.05, 4.69) is 23.7 Å². The van der Waals surface area contributed by atoms with Crippen molar-refractivity contribution in [1.82, 2.24) is 9.88 Å². The first-order chi connectivity index (χ1) is 17.0. The highest BCUT2D eigenvalue weighted by Crippen LogP contribution is 2.40. The molecule has 2 aromatic carbocycles. The molecule has 1 aliphatic heterocycles. The van der Waals surface area contributed by atoms with Crippen molar-refractivity contribution in [3.8, 4) is 5.75 Å². The minimum absolute atomic E-state index is 0.0617. The number of methoxy groups -OCH3 is 1. The van der Waals surface area contributed by atoms with Gasteiger partial charge in [0.1, 0.15) is 11.5 Å². The summed E-state index contributed by atoms with van der Waals surface area (Å²) in [6.45, 7) is 6.06. The third-order valence-electron chi connectivity index (χ3n) is 6.30. The van der Waals surface area contributed by atoms with E-state index in [1.165, 1.54) is 4.90 Å². The Kier molecular flexibility index (Phi) is 7.15. The van der Waals surface area contributed by atoms with Crippen LogP contribution in [0.15, 0.2) is 78.5 Å². The first kappa shape index (κ1) is 24.0. The van der Waals surface area contributed by atoms with Crippen LogP contribution in [0, 0.1) is 0 Å². The number of amides is 1. The van der Waals surface area contributed by atoms with Crippen LogP contribution in [-0.2, 0) is 16.1 Å². The van der Waals surface area contributed by atoms with E-state index in [9.17, 15) is 14.7 Å². The molecule has 0 radical (unpaired) electrons. The van der Waals surface area contributed by atoms with Gasteiger partial charge in [0, 0.05) is 30.5 Å². The van der Waals surface area contributed by atoms with Crippen LogP contribution in [0.2, 0.25) is 0 Å². The number of aromatic nitrogens is 1. The zero-order chi connectivity index (χ0) is 24.9. The van der Waals surface area contributed by atoms with Gasteiger partial charge >= 0.3 is 0 Å². The average molecular weight is 472 g/mol. The van der Waals surface area contributed by atoms with Gasteiger partial charge in [0.05, 0.1) is 31.0 Å². The lowest BCUT2D eigenvalue weighted by atomic mass is 9.95. The molecule has 3 aromatic rings. The molecule has 2 heterocycles. The molecule has 180 valence electrons. The van der Waals surface area contributed by atoms with Gasteiger partial charge in [0.15, 0.2) is 0 Å². The van der Waals surface area contributed by atoms with Crippen molar-refractivity contribution in [3.63, 3.8) is 0 Å². The second-order valence-corrected chi connectivity index (χ2v) is 8.24. The zero-order valence-corrected chi connectivity index (χ0v) is 20.1. The van der Waals surface area contributed by atoms with Crippen molar-refractivity contribution >= 4 is 23.1 Å². The van der Waals surface area contributed by atoms with Crippen molar-refractivity contribution in [2.45, 2.75) is 26.4 Å². The summed E-state index contributed by atoms with van der Waals surface area (Å²) in [7, 11) is 1.56. The highest BCUT2D eigenvalue weighted by molar-refractivity contribution is 6.46. The van der Waals surface area contributed by atoms with Crippen LogP contribution in [0.4, 0.5) is 5.69 Å². The Bertz CT molecular complexity index is 1220. The first-order valence-corrected chi connectivity index (χ1v) is 11.7. The van der Waals surface area contributed by atoms with Gasteiger partial charge in [-0.05, 0) is 67.9 Å². The molecule has 35 heavy (non-hydrogen) atoms. The molecule has 1 aliphatic rings. The fourth-order valence-corrected chi connectivity index (χ4v) is 4.42. The van der Waals surface area contributed by atoms with E-state index in [4.69, 9.17) is 4.74 Å². The Hall–Kier alpha value is -4.13. The number of carbonyl (C=O) groups excluding carboxylic acids is 2. The third-order valence-corrected chi connectivity index (χ3v) is 6.30. The standard InChI is InChI=1S/C28H29N3O4/c1-4-30(5-2)22-13-9-19(10-14-22)25-24(26(32)20-11-15-23(35-3)16-12-20)27(33)28(34)31(25)18-21-8-6-7-17-29-21/h6-17,25,32H,4-5,18H2,1-3H3/b26-24-. The highest BCUT2D eigenvalue weighted by Gasteiger charge is 2.46. The number of ether oxygens (including phenoxy) is 1. The molecule has 4 rings (SSSR count). The number of hydrogen-bond acceptors (Lipinski definition) is 6. The maximum Gasteiger partial charge on any atom is 0.296 e. The van der Waals surface area contributed by atoms with Gasteiger partial charge in [-0.3, -0.25) is 14.6 Å². The second kappa shape index (κ2) is 10.4. The number of hydrogen-bond donors (Lipinski definition) is 1. The van der Waals surface area contributed by atoms with E-state index in [1.54, 1.807) is 43.6 Å². The smallest absolute Gasteiger partial charge is 0.296 e. The number of carbonyl (C=O) groups is 2.